The van der Waals surface area contributed by atoms with Crippen LogP contribution in [0.5, 0.6) is 0 Å². The lowest BCUT2D eigenvalue weighted by Crippen LogP contribution is -2.55. The van der Waals surface area contributed by atoms with Gasteiger partial charge in [0.2, 0.25) is 0 Å². The van der Waals surface area contributed by atoms with Gasteiger partial charge in [-0.15, -0.1) is 0 Å². The van der Waals surface area contributed by atoms with Gasteiger partial charge >= 0.3 is 0 Å². The van der Waals surface area contributed by atoms with E-state index in [-0.39, 0.29) is 16.6 Å². The van der Waals surface area contributed by atoms with Crippen LogP contribution in [0.15, 0.2) is 60.0 Å². The minimum Gasteiger partial charge on any atom is -0.380 e. The topological polar surface area (TPSA) is 34.6 Å². The molecule has 2 unspecified atom stereocenters. The smallest absolute Gasteiger partial charge is 0.0974 e. The zero-order chi connectivity index (χ0) is 25.2. The van der Waals surface area contributed by atoms with Crippen LogP contribution in [-0.2, 0) is 9.47 Å². The standard InChI is InChI=1S/C34H40N2O2/c1-31-10-8-27-17-26-4-5-28(36-15-13-32(20-36)21-37-22-32)18-33(26)11-12-34(27,38-33)30(31)7-6-29(31)24-3-2-23-9-14-35-19-25(23)16-24/h2-3,8-9,14,16-17,19,28-30H,4-7,10-13,15,18,20-22H2,1H3/t28?,29?,30-,31-,33-,34-/m1/s1. The number of rotatable bonds is 2. The Labute approximate surface area is 226 Å². The molecular weight excluding hydrogens is 468 g/mol. The summed E-state index contributed by atoms with van der Waals surface area (Å²) in [4.78, 5) is 7.22. The molecule has 9 rings (SSSR count). The van der Waals surface area contributed by atoms with Gasteiger partial charge in [-0.3, -0.25) is 9.88 Å². The maximum Gasteiger partial charge on any atom is 0.0974 e. The molecule has 2 saturated carbocycles. The van der Waals surface area contributed by atoms with Gasteiger partial charge in [0.1, 0.15) is 0 Å². The van der Waals surface area contributed by atoms with Crippen LogP contribution in [0.1, 0.15) is 76.2 Å². The van der Waals surface area contributed by atoms with Crippen LogP contribution in [0.3, 0.4) is 0 Å². The van der Waals surface area contributed by atoms with Crippen molar-refractivity contribution >= 4 is 10.8 Å². The molecule has 5 fully saturated rings. The van der Waals surface area contributed by atoms with E-state index in [4.69, 9.17) is 9.47 Å². The molecule has 7 aliphatic rings. The van der Waals surface area contributed by atoms with Gasteiger partial charge < -0.3 is 9.47 Å². The molecule has 1 aromatic heterocycles. The van der Waals surface area contributed by atoms with Crippen LogP contribution >= 0.6 is 0 Å². The van der Waals surface area contributed by atoms with Crippen molar-refractivity contribution in [2.75, 3.05) is 26.3 Å². The Bertz CT molecular complexity index is 1390. The Balaban J connectivity index is 1.03. The van der Waals surface area contributed by atoms with Gasteiger partial charge in [-0.25, -0.2) is 0 Å². The number of allylic oxidation sites excluding steroid dienone is 1. The van der Waals surface area contributed by atoms with Crippen LogP contribution in [0.2, 0.25) is 0 Å². The molecule has 3 spiro atoms. The van der Waals surface area contributed by atoms with Crippen LogP contribution in [0, 0.1) is 16.7 Å². The number of fused-ring (bicyclic) bond motifs is 2. The summed E-state index contributed by atoms with van der Waals surface area (Å²) >= 11 is 0. The lowest BCUT2D eigenvalue weighted by atomic mass is 9.58. The van der Waals surface area contributed by atoms with Crippen LogP contribution in [0.25, 0.3) is 10.8 Å². The van der Waals surface area contributed by atoms with Gasteiger partial charge in [-0.1, -0.05) is 31.2 Å². The van der Waals surface area contributed by atoms with Crippen LogP contribution < -0.4 is 0 Å². The molecule has 0 radical (unpaired) electrons. The first-order valence-corrected chi connectivity index (χ1v) is 15.3. The number of hydrogen-bond donors (Lipinski definition) is 0. The molecule has 4 aliphatic heterocycles. The van der Waals surface area contributed by atoms with Crippen LogP contribution in [0.4, 0.5) is 0 Å². The predicted molar refractivity (Wildman–Crippen MR) is 149 cm³/mol. The molecule has 38 heavy (non-hydrogen) atoms. The second-order valence-corrected chi connectivity index (χ2v) is 14.3. The summed E-state index contributed by atoms with van der Waals surface area (Å²) in [5.41, 5.74) is 5.29. The minimum absolute atomic E-state index is 0.0168. The molecule has 2 bridgehead atoms. The highest BCUT2D eigenvalue weighted by molar-refractivity contribution is 5.82. The van der Waals surface area contributed by atoms with E-state index in [9.17, 15) is 0 Å². The minimum atomic E-state index is -0.0699. The average Bonchev–Trinajstić information content (AvgIpc) is 3.61. The quantitative estimate of drug-likeness (QED) is 0.460. The number of likely N-dealkylation sites (tertiary alicyclic amines) is 1. The molecule has 2 aromatic rings. The first kappa shape index (κ1) is 22.8. The predicted octanol–water partition coefficient (Wildman–Crippen LogP) is 6.57. The third-order valence-electron chi connectivity index (χ3n) is 12.5. The van der Waals surface area contributed by atoms with Crippen LogP contribution in [-0.4, -0.2) is 53.4 Å². The van der Waals surface area contributed by atoms with E-state index < -0.39 is 0 Å². The molecule has 4 nitrogen and oxygen atoms in total. The Morgan fingerprint density at radius 3 is 2.84 bits per heavy atom. The Hall–Kier alpha value is -2.01. The fraction of sp³-hybridized carbons (Fsp3) is 0.618. The zero-order valence-corrected chi connectivity index (χ0v) is 22.8. The van der Waals surface area contributed by atoms with Gasteiger partial charge in [0.25, 0.3) is 0 Å². The van der Waals surface area contributed by atoms with Crippen molar-refractivity contribution in [1.29, 1.82) is 0 Å². The third-order valence-corrected chi connectivity index (χ3v) is 12.5. The first-order chi connectivity index (χ1) is 18.5. The third kappa shape index (κ3) is 2.90. The molecule has 4 heteroatoms. The second kappa shape index (κ2) is 7.59. The Kier molecular flexibility index (Phi) is 4.55. The number of aromatic nitrogens is 1. The van der Waals surface area contributed by atoms with E-state index in [1.807, 2.05) is 12.4 Å². The van der Waals surface area contributed by atoms with Crippen molar-refractivity contribution < 1.29 is 9.47 Å². The summed E-state index contributed by atoms with van der Waals surface area (Å²) in [5.74, 6) is 1.18. The summed E-state index contributed by atoms with van der Waals surface area (Å²) in [6, 6.07) is 9.93. The average molecular weight is 509 g/mol. The fourth-order valence-electron chi connectivity index (χ4n) is 10.5. The molecule has 6 atom stereocenters. The van der Waals surface area contributed by atoms with E-state index in [2.05, 4.69) is 53.2 Å². The summed E-state index contributed by atoms with van der Waals surface area (Å²) in [6.07, 6.45) is 20.4. The van der Waals surface area contributed by atoms with Crippen molar-refractivity contribution in [1.82, 2.24) is 9.88 Å². The van der Waals surface area contributed by atoms with Gasteiger partial charge in [0, 0.05) is 35.8 Å². The second-order valence-electron chi connectivity index (χ2n) is 14.3. The highest BCUT2D eigenvalue weighted by Gasteiger charge is 2.67. The van der Waals surface area contributed by atoms with Crippen molar-refractivity contribution in [2.24, 2.45) is 16.7 Å². The van der Waals surface area contributed by atoms with Crippen molar-refractivity contribution in [2.45, 2.75) is 87.9 Å². The number of benzene rings is 1. The summed E-state index contributed by atoms with van der Waals surface area (Å²) in [5, 5.41) is 2.56. The lowest BCUT2D eigenvalue weighted by molar-refractivity contribution is -0.142. The van der Waals surface area contributed by atoms with Crippen molar-refractivity contribution in [3.8, 4) is 0 Å². The number of pyridine rings is 1. The van der Waals surface area contributed by atoms with E-state index in [1.54, 1.807) is 5.57 Å². The molecule has 0 amide bonds. The maximum absolute atomic E-state index is 7.60. The largest absolute Gasteiger partial charge is 0.380 e. The number of hydrogen-bond acceptors (Lipinski definition) is 4. The maximum atomic E-state index is 7.60. The molecule has 1 aromatic carbocycles. The summed E-state index contributed by atoms with van der Waals surface area (Å²) in [7, 11) is 0. The summed E-state index contributed by atoms with van der Waals surface area (Å²) in [6.45, 7) is 7.05. The lowest BCUT2D eigenvalue weighted by Gasteiger charge is -2.55. The first-order valence-electron chi connectivity index (χ1n) is 15.3. The molecule has 0 N–H and O–H groups in total. The molecule has 198 valence electrons. The fourth-order valence-corrected chi connectivity index (χ4v) is 10.5. The van der Waals surface area contributed by atoms with Gasteiger partial charge in [-0.2, -0.15) is 0 Å². The molecule has 3 aliphatic carbocycles. The van der Waals surface area contributed by atoms with Gasteiger partial charge in [-0.05, 0) is 116 Å². The number of ether oxygens (including phenoxy) is 2. The van der Waals surface area contributed by atoms with E-state index in [1.165, 1.54) is 92.8 Å². The van der Waals surface area contributed by atoms with Crippen molar-refractivity contribution in [3.63, 3.8) is 0 Å². The van der Waals surface area contributed by atoms with E-state index in [0.29, 0.717) is 23.3 Å². The van der Waals surface area contributed by atoms with Crippen molar-refractivity contribution in [3.05, 3.63) is 65.5 Å². The summed E-state index contributed by atoms with van der Waals surface area (Å²) < 4.78 is 13.2. The Morgan fingerprint density at radius 2 is 1.97 bits per heavy atom. The van der Waals surface area contributed by atoms with E-state index >= 15 is 0 Å². The molecular formula is C34H40N2O2. The highest BCUT2D eigenvalue weighted by atomic mass is 16.5. The van der Waals surface area contributed by atoms with Gasteiger partial charge in [0.15, 0.2) is 0 Å². The molecule has 3 saturated heterocycles. The zero-order valence-electron chi connectivity index (χ0n) is 22.8. The van der Waals surface area contributed by atoms with Gasteiger partial charge in [0.05, 0.1) is 24.4 Å². The number of nitrogens with zero attached hydrogens (tertiary/aromatic N) is 2. The Morgan fingerprint density at radius 1 is 1.03 bits per heavy atom. The normalized spacial score (nSPS) is 42.8. The highest BCUT2D eigenvalue weighted by Crippen LogP contribution is 2.69. The SMILES string of the molecule is C[C@]12CC=C3C=C4CCC(N5CCC6(COC6)C5)C[C@]45CC[C@]3(O5)[C@@H]1CCC2c1ccc2ccncc2c1. The monoisotopic (exact) mass is 508 g/mol. The van der Waals surface area contributed by atoms with E-state index in [0.717, 1.165) is 13.2 Å². The molecule has 5 heterocycles.